The van der Waals surface area contributed by atoms with Crippen LogP contribution in [0.2, 0.25) is 0 Å². The zero-order valence-electron chi connectivity index (χ0n) is 12.2. The van der Waals surface area contributed by atoms with Crippen LogP contribution in [0.25, 0.3) is 11.0 Å². The summed E-state index contributed by atoms with van der Waals surface area (Å²) in [7, 11) is 0. The van der Waals surface area contributed by atoms with E-state index >= 15 is 0 Å². The van der Waals surface area contributed by atoms with Crippen molar-refractivity contribution in [2.75, 3.05) is 0 Å². The fourth-order valence-corrected chi connectivity index (χ4v) is 2.76. The number of allylic oxidation sites excluding steroid dienone is 1. The topological polar surface area (TPSA) is 57.8 Å². The van der Waals surface area contributed by atoms with Crippen LogP contribution in [0.3, 0.4) is 0 Å². The maximum absolute atomic E-state index is 12.8. The van der Waals surface area contributed by atoms with Crippen LogP contribution in [0.1, 0.15) is 48.8 Å². The van der Waals surface area contributed by atoms with Crippen molar-refractivity contribution in [3.05, 3.63) is 41.7 Å². The van der Waals surface area contributed by atoms with E-state index in [2.05, 4.69) is 21.4 Å². The molecule has 1 heterocycles. The zero-order chi connectivity index (χ0) is 15.7. The number of nitrogens with one attached hydrogen (secondary N) is 2. The summed E-state index contributed by atoms with van der Waals surface area (Å²) in [6.07, 6.45) is 3.99. The molecule has 1 atom stereocenters. The number of hydrogen-bond acceptors (Lipinski definition) is 2. The van der Waals surface area contributed by atoms with Crippen molar-refractivity contribution in [2.45, 2.75) is 38.2 Å². The molecule has 2 N–H and O–H groups in total. The quantitative estimate of drug-likeness (QED) is 0.849. The molecule has 3 rings (SSSR count). The fraction of sp³-hybridized carbons (Fsp3) is 0.375. The van der Waals surface area contributed by atoms with Crippen LogP contribution in [-0.4, -0.2) is 21.4 Å². The van der Waals surface area contributed by atoms with Gasteiger partial charge in [0.2, 0.25) is 0 Å². The Balaban J connectivity index is 1.92. The predicted molar refractivity (Wildman–Crippen MR) is 79.9 cm³/mol. The van der Waals surface area contributed by atoms with E-state index in [0.717, 1.165) is 19.3 Å². The number of halogens is 2. The second-order valence-corrected chi connectivity index (χ2v) is 5.85. The number of carbonyl (C=O) groups is 1. The first-order chi connectivity index (χ1) is 10.5. The van der Waals surface area contributed by atoms with Crippen LogP contribution in [0.15, 0.2) is 30.4 Å². The van der Waals surface area contributed by atoms with Gasteiger partial charge in [-0.2, -0.15) is 0 Å². The van der Waals surface area contributed by atoms with Gasteiger partial charge in [0, 0.05) is 5.54 Å². The molecule has 0 fully saturated rings. The number of para-hydroxylation sites is 1. The standard InChI is InChI=1S/C16H17F2N3O/c1-16(8-3-2-4-9-16)21-15(22)10-6-5-7-11-12(10)20-14(19-11)13(17)18/h2-3,5-7,13H,4,8-9H2,1H3,(H,19,20)(H,21,22). The number of aromatic amines is 1. The van der Waals surface area contributed by atoms with Gasteiger partial charge in [-0.1, -0.05) is 18.2 Å². The molecule has 1 aromatic heterocycles. The van der Waals surface area contributed by atoms with Gasteiger partial charge in [-0.05, 0) is 38.3 Å². The normalized spacial score (nSPS) is 21.5. The van der Waals surface area contributed by atoms with Crippen molar-refractivity contribution in [1.82, 2.24) is 15.3 Å². The molecule has 0 saturated heterocycles. The van der Waals surface area contributed by atoms with Crippen molar-refractivity contribution in [3.63, 3.8) is 0 Å². The molecule has 0 saturated carbocycles. The number of nitrogens with zero attached hydrogens (tertiary/aromatic N) is 1. The Hall–Kier alpha value is -2.24. The first-order valence-corrected chi connectivity index (χ1v) is 7.23. The Bertz CT molecular complexity index is 738. The summed E-state index contributed by atoms with van der Waals surface area (Å²) in [5.74, 6) is -0.697. The molecular weight excluding hydrogens is 288 g/mol. The van der Waals surface area contributed by atoms with Crippen LogP contribution in [0.4, 0.5) is 8.78 Å². The molecule has 116 valence electrons. The van der Waals surface area contributed by atoms with Gasteiger partial charge in [0.15, 0.2) is 5.82 Å². The Morgan fingerprint density at radius 3 is 2.91 bits per heavy atom. The highest BCUT2D eigenvalue weighted by Gasteiger charge is 2.28. The Labute approximate surface area is 126 Å². The van der Waals surface area contributed by atoms with Gasteiger partial charge in [-0.3, -0.25) is 4.79 Å². The van der Waals surface area contributed by atoms with E-state index in [4.69, 9.17) is 0 Å². The minimum atomic E-state index is -2.69. The van der Waals surface area contributed by atoms with Gasteiger partial charge in [-0.25, -0.2) is 13.8 Å². The molecule has 1 aromatic carbocycles. The number of aromatic nitrogens is 2. The average Bonchev–Trinajstić information content (AvgIpc) is 2.91. The van der Waals surface area contributed by atoms with Crippen molar-refractivity contribution in [1.29, 1.82) is 0 Å². The highest BCUT2D eigenvalue weighted by atomic mass is 19.3. The predicted octanol–water partition coefficient (Wildman–Crippen LogP) is 3.73. The molecule has 1 aliphatic carbocycles. The zero-order valence-corrected chi connectivity index (χ0v) is 12.2. The molecular formula is C16H17F2N3O. The van der Waals surface area contributed by atoms with E-state index < -0.39 is 12.2 Å². The number of imidazole rings is 1. The smallest absolute Gasteiger partial charge is 0.295 e. The molecule has 4 nitrogen and oxygen atoms in total. The third kappa shape index (κ3) is 2.73. The number of carbonyl (C=O) groups excluding carboxylic acids is 1. The summed E-state index contributed by atoms with van der Waals surface area (Å²) in [5, 5.41) is 3.01. The Kier molecular flexibility index (Phi) is 3.68. The van der Waals surface area contributed by atoms with E-state index in [-0.39, 0.29) is 17.0 Å². The summed E-state index contributed by atoms with van der Waals surface area (Å²) in [6, 6.07) is 4.90. The van der Waals surface area contributed by atoms with Gasteiger partial charge >= 0.3 is 0 Å². The number of fused-ring (bicyclic) bond motifs is 1. The average molecular weight is 305 g/mol. The summed E-state index contributed by atoms with van der Waals surface area (Å²) in [6.45, 7) is 1.99. The summed E-state index contributed by atoms with van der Waals surface area (Å²) in [4.78, 5) is 19.0. The van der Waals surface area contributed by atoms with Crippen LogP contribution in [-0.2, 0) is 0 Å². The molecule has 6 heteroatoms. The van der Waals surface area contributed by atoms with Gasteiger partial charge < -0.3 is 10.3 Å². The summed E-state index contributed by atoms with van der Waals surface area (Å²) < 4.78 is 25.5. The summed E-state index contributed by atoms with van der Waals surface area (Å²) >= 11 is 0. The lowest BCUT2D eigenvalue weighted by atomic mass is 9.87. The van der Waals surface area contributed by atoms with Crippen LogP contribution in [0, 0.1) is 0 Å². The monoisotopic (exact) mass is 305 g/mol. The lowest BCUT2D eigenvalue weighted by molar-refractivity contribution is 0.0902. The first kappa shape index (κ1) is 14.7. The number of rotatable bonds is 3. The van der Waals surface area contributed by atoms with E-state index in [1.807, 2.05) is 13.0 Å². The molecule has 0 radical (unpaired) electrons. The second-order valence-electron chi connectivity index (χ2n) is 5.85. The van der Waals surface area contributed by atoms with Crippen molar-refractivity contribution in [2.24, 2.45) is 0 Å². The molecule has 1 aliphatic rings. The number of hydrogen-bond donors (Lipinski definition) is 2. The highest BCUT2D eigenvalue weighted by molar-refractivity contribution is 6.05. The molecule has 1 unspecified atom stereocenters. The minimum Gasteiger partial charge on any atom is -0.346 e. The van der Waals surface area contributed by atoms with Crippen molar-refractivity contribution >= 4 is 16.9 Å². The highest BCUT2D eigenvalue weighted by Crippen LogP contribution is 2.25. The maximum Gasteiger partial charge on any atom is 0.295 e. The largest absolute Gasteiger partial charge is 0.346 e. The molecule has 0 aliphatic heterocycles. The van der Waals surface area contributed by atoms with Crippen LogP contribution in [0.5, 0.6) is 0 Å². The van der Waals surface area contributed by atoms with E-state index in [1.54, 1.807) is 18.2 Å². The fourth-order valence-electron chi connectivity index (χ4n) is 2.76. The first-order valence-electron chi connectivity index (χ1n) is 7.23. The Morgan fingerprint density at radius 1 is 1.41 bits per heavy atom. The third-order valence-electron chi connectivity index (χ3n) is 4.00. The SMILES string of the molecule is CC1(NC(=O)c2cccc3[nH]c(C(F)F)nc23)CC=CCC1. The van der Waals surface area contributed by atoms with Crippen molar-refractivity contribution < 1.29 is 13.6 Å². The van der Waals surface area contributed by atoms with Crippen molar-refractivity contribution in [3.8, 4) is 0 Å². The molecule has 1 amide bonds. The van der Waals surface area contributed by atoms with Gasteiger partial charge in [0.05, 0.1) is 11.1 Å². The number of H-pyrrole nitrogens is 1. The lowest BCUT2D eigenvalue weighted by Gasteiger charge is -2.32. The van der Waals surface area contributed by atoms with E-state index in [1.165, 1.54) is 0 Å². The lowest BCUT2D eigenvalue weighted by Crippen LogP contribution is -2.46. The van der Waals surface area contributed by atoms with Gasteiger partial charge in [0.1, 0.15) is 5.52 Å². The molecule has 2 aromatic rings. The van der Waals surface area contributed by atoms with Gasteiger partial charge in [0.25, 0.3) is 12.3 Å². The molecule has 0 bridgehead atoms. The van der Waals surface area contributed by atoms with E-state index in [9.17, 15) is 13.6 Å². The number of alkyl halides is 2. The third-order valence-corrected chi connectivity index (χ3v) is 4.00. The minimum absolute atomic E-state index is 0.282. The maximum atomic E-state index is 12.8. The van der Waals surface area contributed by atoms with Crippen LogP contribution < -0.4 is 5.32 Å². The Morgan fingerprint density at radius 2 is 2.23 bits per heavy atom. The van der Waals surface area contributed by atoms with Gasteiger partial charge in [-0.15, -0.1) is 0 Å². The number of amides is 1. The van der Waals surface area contributed by atoms with E-state index in [0.29, 0.717) is 11.1 Å². The van der Waals surface area contributed by atoms with Crippen LogP contribution >= 0.6 is 0 Å². The molecule has 0 spiro atoms. The summed E-state index contributed by atoms with van der Waals surface area (Å²) in [5.41, 5.74) is 0.730. The molecule has 22 heavy (non-hydrogen) atoms. The number of benzene rings is 1. The second kappa shape index (κ2) is 5.51.